The number of amides is 2. The molecule has 0 aromatic heterocycles. The van der Waals surface area contributed by atoms with Crippen molar-refractivity contribution >= 4 is 12.0 Å². The number of carbonyl (C=O) groups excluding carboxylic acids is 1. The molecule has 1 aliphatic heterocycles. The van der Waals surface area contributed by atoms with Gasteiger partial charge in [0, 0.05) is 12.6 Å². The van der Waals surface area contributed by atoms with E-state index < -0.39 is 43.0 Å². The molecular weight excluding hydrogens is 293 g/mol. The number of nitrogens with one attached hydrogen (secondary N) is 1. The van der Waals surface area contributed by atoms with Crippen molar-refractivity contribution in [1.82, 2.24) is 10.2 Å². The van der Waals surface area contributed by atoms with Gasteiger partial charge in [-0.2, -0.15) is 13.2 Å². The first-order chi connectivity index (χ1) is 9.60. The molecule has 21 heavy (non-hydrogen) atoms. The second-order valence-corrected chi connectivity index (χ2v) is 5.19. The van der Waals surface area contributed by atoms with Crippen LogP contribution >= 0.6 is 0 Å². The van der Waals surface area contributed by atoms with Crippen molar-refractivity contribution in [3.8, 4) is 0 Å². The van der Waals surface area contributed by atoms with Crippen LogP contribution in [0.1, 0.15) is 26.7 Å². The largest absolute Gasteiger partial charge is 0.479 e. The fourth-order valence-electron chi connectivity index (χ4n) is 2.02. The summed E-state index contributed by atoms with van der Waals surface area (Å²) in [6, 6.07) is -1.45. The van der Waals surface area contributed by atoms with Crippen LogP contribution in [-0.2, 0) is 9.53 Å². The average molecular weight is 312 g/mol. The van der Waals surface area contributed by atoms with Gasteiger partial charge >= 0.3 is 18.2 Å². The standard InChI is InChI=1S/C12H19F3N2O4/c1-7(2)17(6-12(13,14)15)11(20)16-5-8-3-4-9(21-8)10(18)19/h7-9H,3-6H2,1-2H3,(H,16,20)(H,18,19). The molecule has 122 valence electrons. The summed E-state index contributed by atoms with van der Waals surface area (Å²) >= 11 is 0. The van der Waals surface area contributed by atoms with E-state index in [1.807, 2.05) is 0 Å². The number of nitrogens with zero attached hydrogens (tertiary/aromatic N) is 1. The summed E-state index contributed by atoms with van der Waals surface area (Å²) in [5.74, 6) is -1.08. The summed E-state index contributed by atoms with van der Waals surface area (Å²) in [6.07, 6.45) is -5.11. The summed E-state index contributed by atoms with van der Waals surface area (Å²) in [4.78, 5) is 23.1. The predicted molar refractivity (Wildman–Crippen MR) is 66.8 cm³/mol. The van der Waals surface area contributed by atoms with E-state index in [9.17, 15) is 22.8 Å². The Hall–Kier alpha value is -1.51. The molecule has 6 nitrogen and oxygen atoms in total. The normalized spacial score (nSPS) is 22.4. The Balaban J connectivity index is 2.46. The monoisotopic (exact) mass is 312 g/mol. The quantitative estimate of drug-likeness (QED) is 0.808. The zero-order valence-electron chi connectivity index (χ0n) is 11.8. The fourth-order valence-corrected chi connectivity index (χ4v) is 2.02. The molecule has 1 fully saturated rings. The van der Waals surface area contributed by atoms with E-state index in [1.165, 1.54) is 13.8 Å². The highest BCUT2D eigenvalue weighted by Crippen LogP contribution is 2.20. The van der Waals surface area contributed by atoms with Crippen molar-refractivity contribution in [2.75, 3.05) is 13.1 Å². The van der Waals surface area contributed by atoms with E-state index >= 15 is 0 Å². The Labute approximate surface area is 120 Å². The van der Waals surface area contributed by atoms with Crippen LogP contribution in [0.25, 0.3) is 0 Å². The first-order valence-electron chi connectivity index (χ1n) is 6.59. The lowest BCUT2D eigenvalue weighted by Gasteiger charge is -2.28. The molecule has 2 N–H and O–H groups in total. The second-order valence-electron chi connectivity index (χ2n) is 5.19. The van der Waals surface area contributed by atoms with Crippen LogP contribution in [0.3, 0.4) is 0 Å². The number of carbonyl (C=O) groups is 2. The molecule has 1 rings (SSSR count). The van der Waals surface area contributed by atoms with Gasteiger partial charge in [0.05, 0.1) is 6.10 Å². The zero-order chi connectivity index (χ0) is 16.2. The highest BCUT2D eigenvalue weighted by Gasteiger charge is 2.35. The summed E-state index contributed by atoms with van der Waals surface area (Å²) < 4.78 is 42.3. The molecule has 0 aromatic carbocycles. The van der Waals surface area contributed by atoms with Crippen molar-refractivity contribution < 1.29 is 32.6 Å². The zero-order valence-corrected chi connectivity index (χ0v) is 11.8. The van der Waals surface area contributed by atoms with Crippen LogP contribution in [0.5, 0.6) is 0 Å². The number of halogens is 3. The molecule has 1 heterocycles. The van der Waals surface area contributed by atoms with Crippen molar-refractivity contribution in [3.05, 3.63) is 0 Å². The lowest BCUT2D eigenvalue weighted by molar-refractivity contribution is -0.149. The van der Waals surface area contributed by atoms with Crippen molar-refractivity contribution in [2.45, 2.75) is 51.1 Å². The maximum Gasteiger partial charge on any atom is 0.406 e. The molecule has 2 atom stereocenters. The number of hydrogen-bond acceptors (Lipinski definition) is 3. The van der Waals surface area contributed by atoms with Crippen LogP contribution < -0.4 is 5.32 Å². The first-order valence-corrected chi connectivity index (χ1v) is 6.59. The Morgan fingerprint density at radius 1 is 1.38 bits per heavy atom. The van der Waals surface area contributed by atoms with Crippen molar-refractivity contribution in [1.29, 1.82) is 0 Å². The van der Waals surface area contributed by atoms with E-state index in [4.69, 9.17) is 9.84 Å². The number of carboxylic acid groups (broad SMARTS) is 1. The van der Waals surface area contributed by atoms with Gasteiger partial charge in [0.1, 0.15) is 6.54 Å². The number of aliphatic carboxylic acids is 1. The van der Waals surface area contributed by atoms with Gasteiger partial charge in [-0.3, -0.25) is 0 Å². The number of alkyl halides is 3. The molecule has 0 aromatic rings. The van der Waals surface area contributed by atoms with Gasteiger partial charge in [0.2, 0.25) is 0 Å². The molecule has 1 aliphatic rings. The van der Waals surface area contributed by atoms with Gasteiger partial charge < -0.3 is 20.1 Å². The Morgan fingerprint density at radius 2 is 2.00 bits per heavy atom. The van der Waals surface area contributed by atoms with Gasteiger partial charge in [-0.1, -0.05) is 0 Å². The maximum atomic E-state index is 12.4. The van der Waals surface area contributed by atoms with Crippen molar-refractivity contribution in [3.63, 3.8) is 0 Å². The van der Waals surface area contributed by atoms with Gasteiger partial charge in [-0.05, 0) is 26.7 Å². The first kappa shape index (κ1) is 17.5. The van der Waals surface area contributed by atoms with Crippen molar-refractivity contribution in [2.24, 2.45) is 0 Å². The van der Waals surface area contributed by atoms with Crippen LogP contribution in [0, 0.1) is 0 Å². The van der Waals surface area contributed by atoms with Crippen LogP contribution in [0.15, 0.2) is 0 Å². The molecule has 0 bridgehead atoms. The third kappa shape index (κ3) is 5.78. The third-order valence-electron chi connectivity index (χ3n) is 3.10. The molecule has 0 aliphatic carbocycles. The van der Waals surface area contributed by atoms with Gasteiger partial charge in [-0.25, -0.2) is 9.59 Å². The van der Waals surface area contributed by atoms with Gasteiger partial charge in [0.15, 0.2) is 6.10 Å². The molecule has 0 radical (unpaired) electrons. The maximum absolute atomic E-state index is 12.4. The van der Waals surface area contributed by atoms with E-state index in [0.29, 0.717) is 17.7 Å². The minimum absolute atomic E-state index is 0.0102. The van der Waals surface area contributed by atoms with E-state index in [2.05, 4.69) is 5.32 Å². The third-order valence-corrected chi connectivity index (χ3v) is 3.10. The lowest BCUT2D eigenvalue weighted by Crippen LogP contribution is -2.49. The second kappa shape index (κ2) is 6.97. The Bertz CT molecular complexity index is 387. The number of ether oxygens (including phenoxy) is 1. The minimum Gasteiger partial charge on any atom is -0.479 e. The van der Waals surface area contributed by atoms with E-state index in [1.54, 1.807) is 0 Å². The number of hydrogen-bond donors (Lipinski definition) is 2. The number of carboxylic acids is 1. The summed E-state index contributed by atoms with van der Waals surface area (Å²) in [6.45, 7) is 1.62. The summed E-state index contributed by atoms with van der Waals surface area (Å²) in [5.41, 5.74) is 0. The SMILES string of the molecule is CC(C)N(CC(F)(F)F)C(=O)NCC1CCC(C(=O)O)O1. The van der Waals surface area contributed by atoms with Gasteiger partial charge in [0.25, 0.3) is 0 Å². The molecule has 0 spiro atoms. The van der Waals surface area contributed by atoms with Crippen LogP contribution in [0.4, 0.5) is 18.0 Å². The van der Waals surface area contributed by atoms with Crippen LogP contribution in [0.2, 0.25) is 0 Å². The fraction of sp³-hybridized carbons (Fsp3) is 0.833. The van der Waals surface area contributed by atoms with E-state index in [-0.39, 0.29) is 6.54 Å². The lowest BCUT2D eigenvalue weighted by atomic mass is 10.2. The molecule has 0 saturated carbocycles. The smallest absolute Gasteiger partial charge is 0.406 e. The molecular formula is C12H19F3N2O4. The Kier molecular flexibility index (Phi) is 5.82. The van der Waals surface area contributed by atoms with Gasteiger partial charge in [-0.15, -0.1) is 0 Å². The number of urea groups is 1. The Morgan fingerprint density at radius 3 is 2.43 bits per heavy atom. The van der Waals surface area contributed by atoms with E-state index in [0.717, 1.165) is 0 Å². The average Bonchev–Trinajstić information content (AvgIpc) is 2.80. The molecule has 2 unspecified atom stereocenters. The minimum atomic E-state index is -4.47. The predicted octanol–water partition coefficient (Wildman–Crippen LogP) is 1.60. The van der Waals surface area contributed by atoms with Crippen LogP contribution in [-0.4, -0.2) is 59.5 Å². The molecule has 2 amide bonds. The summed E-state index contributed by atoms with van der Waals surface area (Å²) in [5, 5.41) is 11.1. The highest BCUT2D eigenvalue weighted by molar-refractivity contribution is 5.74. The molecule has 9 heteroatoms. The molecule has 1 saturated heterocycles. The topological polar surface area (TPSA) is 78.9 Å². The number of rotatable bonds is 5. The summed E-state index contributed by atoms with van der Waals surface area (Å²) in [7, 11) is 0. The highest BCUT2D eigenvalue weighted by atomic mass is 19.4.